The average molecular weight is 562 g/mol. The van der Waals surface area contributed by atoms with Crippen molar-refractivity contribution in [3.63, 3.8) is 0 Å². The van der Waals surface area contributed by atoms with Crippen molar-refractivity contribution in [2.75, 3.05) is 6.54 Å². The van der Waals surface area contributed by atoms with E-state index in [-0.39, 0.29) is 20.1 Å². The maximum absolute atomic E-state index is 12.4. The van der Waals surface area contributed by atoms with E-state index in [1.54, 1.807) is 0 Å². The highest BCUT2D eigenvalue weighted by atomic mass is 35.5. The number of aryl methyl sites for hydroxylation is 1. The molecule has 7 nitrogen and oxygen atoms in total. The van der Waals surface area contributed by atoms with Gasteiger partial charge in [0.2, 0.25) is 0 Å². The fourth-order valence-electron chi connectivity index (χ4n) is 4.24. The Morgan fingerprint density at radius 1 is 1.11 bits per heavy atom. The van der Waals surface area contributed by atoms with Crippen molar-refractivity contribution in [3.05, 3.63) is 87.0 Å². The molecule has 0 bridgehead atoms. The van der Waals surface area contributed by atoms with E-state index in [1.165, 1.54) is 28.0 Å². The summed E-state index contributed by atoms with van der Waals surface area (Å²) in [5, 5.41) is 9.92. The number of carbonyl (C=O) groups is 1. The third-order valence-electron chi connectivity index (χ3n) is 5.92. The summed E-state index contributed by atoms with van der Waals surface area (Å²) in [7, 11) is -4.05. The minimum absolute atomic E-state index is 0.125. The van der Waals surface area contributed by atoms with Crippen LogP contribution in [-0.4, -0.2) is 30.8 Å². The smallest absolute Gasteiger partial charge is 0.328 e. The van der Waals surface area contributed by atoms with Gasteiger partial charge in [-0.3, -0.25) is 4.68 Å². The van der Waals surface area contributed by atoms with Crippen LogP contribution in [0, 0.1) is 0 Å². The number of urea groups is 1. The van der Waals surface area contributed by atoms with Crippen LogP contribution in [0.2, 0.25) is 9.36 Å². The maximum Gasteiger partial charge on any atom is 0.328 e. The molecule has 2 heterocycles. The highest BCUT2D eigenvalue weighted by Gasteiger charge is 2.22. The minimum atomic E-state index is -4.05. The molecular formula is C25H22Cl2N4O3S2. The molecule has 2 aromatic carbocycles. The summed E-state index contributed by atoms with van der Waals surface area (Å²) in [6, 6.07) is 15.1. The molecule has 5 rings (SSSR count). The molecule has 4 aromatic rings. The lowest BCUT2D eigenvalue weighted by Gasteiger charge is -2.13. The Morgan fingerprint density at radius 3 is 2.69 bits per heavy atom. The number of aromatic nitrogens is 2. The monoisotopic (exact) mass is 560 g/mol. The van der Waals surface area contributed by atoms with E-state index in [4.69, 9.17) is 28.3 Å². The van der Waals surface area contributed by atoms with Gasteiger partial charge in [-0.05, 0) is 58.9 Å². The van der Waals surface area contributed by atoms with E-state index in [2.05, 4.69) is 41.8 Å². The second-order valence-corrected chi connectivity index (χ2v) is 12.4. The Labute approximate surface area is 222 Å². The van der Waals surface area contributed by atoms with Crippen molar-refractivity contribution in [2.24, 2.45) is 0 Å². The highest BCUT2D eigenvalue weighted by Crippen LogP contribution is 2.34. The molecule has 0 fully saturated rings. The summed E-state index contributed by atoms with van der Waals surface area (Å²) in [5.41, 5.74) is 4.31. The van der Waals surface area contributed by atoms with Crippen LogP contribution >= 0.6 is 34.5 Å². The van der Waals surface area contributed by atoms with E-state index in [1.807, 2.05) is 27.6 Å². The third-order valence-corrected chi connectivity index (χ3v) is 9.59. The van der Waals surface area contributed by atoms with Crippen molar-refractivity contribution in [1.82, 2.24) is 19.8 Å². The summed E-state index contributed by atoms with van der Waals surface area (Å²) in [4.78, 5) is 12.2. The van der Waals surface area contributed by atoms with Crippen LogP contribution in [0.5, 0.6) is 0 Å². The normalized spacial score (nSPS) is 14.7. The van der Waals surface area contributed by atoms with Crippen molar-refractivity contribution in [1.29, 1.82) is 0 Å². The number of nitrogens with zero attached hydrogens (tertiary/aromatic N) is 2. The molecule has 2 N–H and O–H groups in total. The predicted molar refractivity (Wildman–Crippen MR) is 144 cm³/mol. The van der Waals surface area contributed by atoms with Crippen molar-refractivity contribution < 1.29 is 13.2 Å². The Kier molecular flexibility index (Phi) is 7.07. The number of nitrogens with one attached hydrogen (secondary N) is 2. The Hall–Kier alpha value is -2.85. The van der Waals surface area contributed by atoms with Gasteiger partial charge in [-0.25, -0.2) is 17.9 Å². The molecule has 0 saturated heterocycles. The molecule has 0 saturated carbocycles. The number of fused-ring (bicyclic) bond motifs is 2. The number of carbonyl (C=O) groups excluding carboxylic acids is 1. The molecule has 186 valence electrons. The maximum atomic E-state index is 12.4. The first-order valence-electron chi connectivity index (χ1n) is 11.3. The summed E-state index contributed by atoms with van der Waals surface area (Å²) >= 11 is 12.4. The fourth-order valence-corrected chi connectivity index (χ4v) is 7.05. The van der Waals surface area contributed by atoms with E-state index in [0.29, 0.717) is 6.54 Å². The summed E-state index contributed by atoms with van der Waals surface area (Å²) in [6.45, 7) is 0.833. The average Bonchev–Trinajstić information content (AvgIpc) is 3.42. The van der Waals surface area contributed by atoms with Gasteiger partial charge < -0.3 is 5.32 Å². The van der Waals surface area contributed by atoms with Gasteiger partial charge in [-0.1, -0.05) is 65.7 Å². The quantitative estimate of drug-likeness (QED) is 0.309. The molecule has 2 aromatic heterocycles. The van der Waals surface area contributed by atoms with E-state index in [9.17, 15) is 13.2 Å². The van der Waals surface area contributed by atoms with Gasteiger partial charge in [0, 0.05) is 12.7 Å². The molecule has 0 radical (unpaired) electrons. The molecule has 0 spiro atoms. The van der Waals surface area contributed by atoms with Crippen LogP contribution < -0.4 is 10.0 Å². The Morgan fingerprint density at radius 2 is 1.92 bits per heavy atom. The molecule has 2 amide bonds. The molecule has 0 atom stereocenters. The summed E-state index contributed by atoms with van der Waals surface area (Å²) < 4.78 is 28.7. The molecule has 0 aliphatic heterocycles. The van der Waals surface area contributed by atoms with Crippen LogP contribution in [-0.2, 0) is 23.0 Å². The zero-order valence-electron chi connectivity index (χ0n) is 19.0. The lowest BCUT2D eigenvalue weighted by Crippen LogP contribution is -2.39. The number of allylic oxidation sites excluding steroid dienone is 1. The number of halogens is 2. The molecular weight excluding hydrogens is 539 g/mol. The first-order chi connectivity index (χ1) is 17.3. The number of sulfonamides is 1. The SMILES string of the molecule is O=C(NC/C=C1\CCCc2cn(Cc3ccc4ccccc4c3)nc21)NS(=O)(=O)c1cc(Cl)c(Cl)s1. The lowest BCUT2D eigenvalue weighted by molar-refractivity contribution is 0.247. The zero-order chi connectivity index (χ0) is 25.3. The number of benzene rings is 2. The van der Waals surface area contributed by atoms with Gasteiger partial charge >= 0.3 is 6.03 Å². The third kappa shape index (κ3) is 5.44. The van der Waals surface area contributed by atoms with E-state index >= 15 is 0 Å². The lowest BCUT2D eigenvalue weighted by atomic mass is 9.93. The van der Waals surface area contributed by atoms with Gasteiger partial charge in [-0.2, -0.15) is 5.10 Å². The molecule has 1 aliphatic carbocycles. The minimum Gasteiger partial charge on any atom is -0.334 e. The van der Waals surface area contributed by atoms with Gasteiger partial charge in [0.1, 0.15) is 8.55 Å². The van der Waals surface area contributed by atoms with Crippen LogP contribution in [0.3, 0.4) is 0 Å². The summed E-state index contributed by atoms with van der Waals surface area (Å²) in [6.07, 6.45) is 6.75. The molecule has 11 heteroatoms. The first kappa shape index (κ1) is 24.8. The Balaban J connectivity index is 1.24. The Bertz CT molecular complexity index is 1570. The number of amides is 2. The van der Waals surface area contributed by atoms with Crippen molar-refractivity contribution in [2.45, 2.75) is 30.0 Å². The number of hydrogen-bond donors (Lipinski definition) is 2. The van der Waals surface area contributed by atoms with E-state index < -0.39 is 16.1 Å². The van der Waals surface area contributed by atoms with Crippen LogP contribution in [0.15, 0.2) is 65.0 Å². The standard InChI is InChI=1S/C25H22Cl2N4O3S2/c26-21-13-22(35-24(21)27)36(33,34)30-25(32)28-11-10-18-6-3-7-20-15-31(29-23(18)20)14-16-8-9-17-4-1-2-5-19(17)12-16/h1-2,4-5,8-10,12-13,15H,3,6-7,11,14H2,(H2,28,30,32)/b18-10+. The topological polar surface area (TPSA) is 93.1 Å². The molecule has 36 heavy (non-hydrogen) atoms. The highest BCUT2D eigenvalue weighted by molar-refractivity contribution is 7.92. The van der Waals surface area contributed by atoms with Crippen LogP contribution in [0.25, 0.3) is 16.3 Å². The van der Waals surface area contributed by atoms with Gasteiger partial charge in [-0.15, -0.1) is 11.3 Å². The largest absolute Gasteiger partial charge is 0.334 e. The second-order valence-electron chi connectivity index (χ2n) is 8.47. The number of thiophene rings is 1. The van der Waals surface area contributed by atoms with Gasteiger partial charge in [0.15, 0.2) is 0 Å². The second kappa shape index (κ2) is 10.3. The zero-order valence-corrected chi connectivity index (χ0v) is 22.1. The van der Waals surface area contributed by atoms with Crippen LogP contribution in [0.1, 0.15) is 29.7 Å². The van der Waals surface area contributed by atoms with Gasteiger partial charge in [0.25, 0.3) is 10.0 Å². The van der Waals surface area contributed by atoms with Crippen molar-refractivity contribution >= 4 is 66.9 Å². The number of rotatable bonds is 6. The predicted octanol–water partition coefficient (Wildman–Crippen LogP) is 5.86. The van der Waals surface area contributed by atoms with Crippen molar-refractivity contribution in [3.8, 4) is 0 Å². The summed E-state index contributed by atoms with van der Waals surface area (Å²) in [5.74, 6) is 0. The number of hydrogen-bond acceptors (Lipinski definition) is 5. The van der Waals surface area contributed by atoms with Gasteiger partial charge in [0.05, 0.1) is 17.3 Å². The first-order valence-corrected chi connectivity index (χ1v) is 14.3. The molecule has 1 aliphatic rings. The fraction of sp³-hybridized carbons (Fsp3) is 0.200. The van der Waals surface area contributed by atoms with Crippen LogP contribution in [0.4, 0.5) is 4.79 Å². The van der Waals surface area contributed by atoms with E-state index in [0.717, 1.165) is 41.9 Å². The molecule has 0 unspecified atom stereocenters.